The summed E-state index contributed by atoms with van der Waals surface area (Å²) in [5.41, 5.74) is 0. The highest BCUT2D eigenvalue weighted by Gasteiger charge is 2.29. The second-order valence-electron chi connectivity index (χ2n) is 9.53. The average molecular weight is 445 g/mol. The van der Waals surface area contributed by atoms with Crippen LogP contribution in [0, 0.1) is 5.92 Å². The molecule has 1 atom stereocenters. The fraction of sp³-hybridized carbons (Fsp3) is 0.750. The van der Waals surface area contributed by atoms with Crippen LogP contribution in [0.2, 0.25) is 0 Å². The fourth-order valence-corrected chi connectivity index (χ4v) is 6.53. The summed E-state index contributed by atoms with van der Waals surface area (Å²) in [7, 11) is 0. The summed E-state index contributed by atoms with van der Waals surface area (Å²) in [6.45, 7) is 4.90. The minimum Gasteiger partial charge on any atom is -0.468 e. The summed E-state index contributed by atoms with van der Waals surface area (Å²) in [4.78, 5) is 2.49. The molecule has 7 heteroatoms. The molecule has 2 aliphatic heterocycles. The van der Waals surface area contributed by atoms with E-state index in [0.29, 0.717) is 12.0 Å². The number of furan rings is 1. The molecule has 0 bridgehead atoms. The lowest BCUT2D eigenvalue weighted by atomic mass is 9.91. The molecule has 0 N–H and O–H groups in total. The van der Waals surface area contributed by atoms with E-state index in [2.05, 4.69) is 20.6 Å². The van der Waals surface area contributed by atoms with Crippen LogP contribution in [0.15, 0.2) is 28.0 Å². The number of likely N-dealkylation sites (tertiary alicyclic amines) is 1. The van der Waals surface area contributed by atoms with Crippen molar-refractivity contribution in [3.63, 3.8) is 0 Å². The van der Waals surface area contributed by atoms with Gasteiger partial charge in [0.15, 0.2) is 5.16 Å². The van der Waals surface area contributed by atoms with E-state index < -0.39 is 0 Å². The molecule has 0 aromatic carbocycles. The molecular weight excluding hydrogens is 408 g/mol. The van der Waals surface area contributed by atoms with E-state index >= 15 is 0 Å². The van der Waals surface area contributed by atoms with E-state index in [9.17, 15) is 0 Å². The average Bonchev–Trinajstić information content (AvgIpc) is 3.57. The van der Waals surface area contributed by atoms with Gasteiger partial charge in [0.1, 0.15) is 11.6 Å². The van der Waals surface area contributed by atoms with Gasteiger partial charge in [-0.15, -0.1) is 10.2 Å². The topological polar surface area (TPSA) is 56.3 Å². The maximum Gasteiger partial charge on any atom is 0.191 e. The van der Waals surface area contributed by atoms with Crippen molar-refractivity contribution in [2.45, 2.75) is 88.1 Å². The lowest BCUT2D eigenvalue weighted by molar-refractivity contribution is 0.0931. The summed E-state index contributed by atoms with van der Waals surface area (Å²) in [5, 5.41) is 10.6. The minimum atomic E-state index is 0.322. The van der Waals surface area contributed by atoms with Crippen molar-refractivity contribution in [2.24, 2.45) is 5.92 Å². The Bertz CT molecular complexity index is 789. The largest absolute Gasteiger partial charge is 0.468 e. The molecular formula is C24H36N4O2S. The standard InChI is InChI=1S/C24H36N4O2S/c1-2-6-19(7-3-1)18-31-24-26-25-23(28(24)17-22-9-5-15-30-22)20-10-12-27(13-11-20)16-21-8-4-14-29-21/h4,8,14,19-20,22H,1-3,5-7,9-13,15-18H2/t22-/m0/s1. The fourth-order valence-electron chi connectivity index (χ4n) is 5.39. The molecule has 0 radical (unpaired) electrons. The first kappa shape index (κ1) is 21.5. The van der Waals surface area contributed by atoms with Gasteiger partial charge in [0, 0.05) is 18.3 Å². The molecule has 31 heavy (non-hydrogen) atoms. The van der Waals surface area contributed by atoms with Crippen LogP contribution >= 0.6 is 11.8 Å². The molecule has 3 aliphatic rings. The maximum absolute atomic E-state index is 5.99. The molecule has 170 valence electrons. The van der Waals surface area contributed by atoms with Crippen LogP contribution in [0.3, 0.4) is 0 Å². The Hall–Kier alpha value is -1.31. The number of nitrogens with zero attached hydrogens (tertiary/aromatic N) is 4. The van der Waals surface area contributed by atoms with Crippen molar-refractivity contribution in [3.8, 4) is 0 Å². The van der Waals surface area contributed by atoms with Crippen LogP contribution in [-0.4, -0.2) is 51.2 Å². The highest BCUT2D eigenvalue weighted by Crippen LogP contribution is 2.33. The monoisotopic (exact) mass is 444 g/mol. The summed E-state index contributed by atoms with van der Waals surface area (Å²) in [6, 6.07) is 4.04. The first-order chi connectivity index (χ1) is 15.3. The third kappa shape index (κ3) is 5.55. The molecule has 1 aliphatic carbocycles. The Kier molecular flexibility index (Phi) is 7.32. The van der Waals surface area contributed by atoms with Gasteiger partial charge in [-0.25, -0.2) is 0 Å². The van der Waals surface area contributed by atoms with Crippen LogP contribution < -0.4 is 0 Å². The Morgan fingerprint density at radius 1 is 1.00 bits per heavy atom. The van der Waals surface area contributed by atoms with Gasteiger partial charge < -0.3 is 13.7 Å². The molecule has 0 spiro atoms. The predicted octanol–water partition coefficient (Wildman–Crippen LogP) is 5.10. The van der Waals surface area contributed by atoms with Crippen molar-refractivity contribution < 1.29 is 9.15 Å². The number of piperidine rings is 1. The van der Waals surface area contributed by atoms with Crippen molar-refractivity contribution in [2.75, 3.05) is 25.4 Å². The summed E-state index contributed by atoms with van der Waals surface area (Å²) in [5.74, 6) is 4.78. The van der Waals surface area contributed by atoms with Gasteiger partial charge in [-0.1, -0.05) is 31.0 Å². The minimum absolute atomic E-state index is 0.322. The zero-order valence-electron chi connectivity index (χ0n) is 18.6. The molecule has 0 amide bonds. The van der Waals surface area contributed by atoms with Crippen molar-refractivity contribution in [1.82, 2.24) is 19.7 Å². The Morgan fingerprint density at radius 2 is 1.87 bits per heavy atom. The second-order valence-corrected chi connectivity index (χ2v) is 10.5. The van der Waals surface area contributed by atoms with Crippen LogP contribution in [0.5, 0.6) is 0 Å². The van der Waals surface area contributed by atoms with Gasteiger partial charge in [0.25, 0.3) is 0 Å². The zero-order valence-corrected chi connectivity index (χ0v) is 19.4. The van der Waals surface area contributed by atoms with Crippen molar-refractivity contribution in [1.29, 1.82) is 0 Å². The highest BCUT2D eigenvalue weighted by atomic mass is 32.2. The number of ether oxygens (including phenoxy) is 1. The van der Waals surface area contributed by atoms with E-state index in [1.807, 2.05) is 17.8 Å². The number of hydrogen-bond acceptors (Lipinski definition) is 6. The summed E-state index contributed by atoms with van der Waals surface area (Å²) >= 11 is 1.94. The normalized spacial score (nSPS) is 24.2. The molecule has 0 unspecified atom stereocenters. The third-order valence-electron chi connectivity index (χ3n) is 7.24. The zero-order chi connectivity index (χ0) is 20.9. The molecule has 4 heterocycles. The number of hydrogen-bond donors (Lipinski definition) is 0. The van der Waals surface area contributed by atoms with Crippen molar-refractivity contribution in [3.05, 3.63) is 30.0 Å². The van der Waals surface area contributed by atoms with Gasteiger partial charge in [0.05, 0.1) is 25.5 Å². The SMILES string of the molecule is c1coc(CN2CCC(c3nnc(SCC4CCCCC4)n3C[C@@H]3CCCO3)CC2)c1. The van der Waals surface area contributed by atoms with Gasteiger partial charge in [-0.05, 0) is 69.7 Å². The van der Waals surface area contributed by atoms with E-state index in [1.54, 1.807) is 6.26 Å². The van der Waals surface area contributed by atoms with Crippen LogP contribution in [0.4, 0.5) is 0 Å². The van der Waals surface area contributed by atoms with Gasteiger partial charge in [-0.2, -0.15) is 0 Å². The smallest absolute Gasteiger partial charge is 0.191 e. The molecule has 2 aromatic rings. The highest BCUT2D eigenvalue weighted by molar-refractivity contribution is 7.99. The maximum atomic E-state index is 5.99. The van der Waals surface area contributed by atoms with Gasteiger partial charge in [0.2, 0.25) is 0 Å². The first-order valence-corrected chi connectivity index (χ1v) is 13.3. The quantitative estimate of drug-likeness (QED) is 0.528. The van der Waals surface area contributed by atoms with Gasteiger partial charge in [-0.3, -0.25) is 4.90 Å². The van der Waals surface area contributed by atoms with Gasteiger partial charge >= 0.3 is 0 Å². The number of aromatic nitrogens is 3. The molecule has 2 saturated heterocycles. The number of thioether (sulfide) groups is 1. The lowest BCUT2D eigenvalue weighted by Crippen LogP contribution is -2.33. The Labute approximate surface area is 190 Å². The number of rotatable bonds is 8. The summed E-state index contributed by atoms with van der Waals surface area (Å²) in [6.07, 6.45) is 13.7. The summed E-state index contributed by atoms with van der Waals surface area (Å²) < 4.78 is 14.0. The molecule has 1 saturated carbocycles. The van der Waals surface area contributed by atoms with Crippen LogP contribution in [0.1, 0.15) is 75.3 Å². The Balaban J connectivity index is 1.24. The Morgan fingerprint density at radius 3 is 2.61 bits per heavy atom. The third-order valence-corrected chi connectivity index (χ3v) is 8.44. The molecule has 3 fully saturated rings. The molecule has 5 rings (SSSR count). The van der Waals surface area contributed by atoms with Crippen LogP contribution in [0.25, 0.3) is 0 Å². The lowest BCUT2D eigenvalue weighted by Gasteiger charge is -2.31. The van der Waals surface area contributed by atoms with Crippen LogP contribution in [-0.2, 0) is 17.8 Å². The van der Waals surface area contributed by atoms with E-state index in [-0.39, 0.29) is 0 Å². The van der Waals surface area contributed by atoms with E-state index in [1.165, 1.54) is 50.1 Å². The predicted molar refractivity (Wildman–Crippen MR) is 122 cm³/mol. The molecule has 6 nitrogen and oxygen atoms in total. The molecule has 2 aromatic heterocycles. The van der Waals surface area contributed by atoms with Crippen molar-refractivity contribution >= 4 is 11.8 Å². The first-order valence-electron chi connectivity index (χ1n) is 12.3. The van der Waals surface area contributed by atoms with E-state index in [0.717, 1.165) is 68.9 Å². The second kappa shape index (κ2) is 10.5. The van der Waals surface area contributed by atoms with E-state index in [4.69, 9.17) is 14.3 Å².